The van der Waals surface area contributed by atoms with E-state index in [1.54, 1.807) is 0 Å². The molecule has 4 rings (SSSR count). The minimum Gasteiger partial charge on any atom is -0.383 e. The second kappa shape index (κ2) is 7.76. The molecule has 1 aliphatic carbocycles. The van der Waals surface area contributed by atoms with E-state index in [2.05, 4.69) is 16.0 Å². The van der Waals surface area contributed by atoms with E-state index in [1.807, 2.05) is 37.3 Å². The molecule has 3 nitrogen and oxygen atoms in total. The Balaban J connectivity index is 1.97. The monoisotopic (exact) mass is 409 g/mol. The van der Waals surface area contributed by atoms with Crippen LogP contribution in [-0.2, 0) is 0 Å². The van der Waals surface area contributed by atoms with Gasteiger partial charge in [0.25, 0.3) is 0 Å². The molecule has 0 amide bonds. The first-order valence-corrected chi connectivity index (χ1v) is 9.56. The predicted octanol–water partition coefficient (Wildman–Crippen LogP) is 6.35. The summed E-state index contributed by atoms with van der Waals surface area (Å²) in [5, 5.41) is 0.598. The number of hydrogen-bond donors (Lipinski definition) is 1. The third-order valence-corrected chi connectivity index (χ3v) is 5.33. The lowest BCUT2D eigenvalue weighted by atomic mass is 9.85. The van der Waals surface area contributed by atoms with Crippen molar-refractivity contribution in [3.8, 4) is 0 Å². The van der Waals surface area contributed by atoms with Crippen LogP contribution < -0.4 is 5.73 Å². The Morgan fingerprint density at radius 1 is 1.07 bits per heavy atom. The maximum Gasteiger partial charge on any atom is 0.144 e. The van der Waals surface area contributed by atoms with Crippen LogP contribution in [0.25, 0.3) is 22.0 Å². The first-order chi connectivity index (χ1) is 14.0. The molecule has 0 fully saturated rings. The van der Waals surface area contributed by atoms with Crippen molar-refractivity contribution in [2.45, 2.75) is 19.8 Å². The van der Waals surface area contributed by atoms with Crippen LogP contribution in [0.5, 0.6) is 0 Å². The molecular formula is C23H18ClF2N3. The minimum absolute atomic E-state index is 0.116. The summed E-state index contributed by atoms with van der Waals surface area (Å²) in [6.45, 7) is 1.96. The van der Waals surface area contributed by atoms with Crippen molar-refractivity contribution in [2.24, 2.45) is 0 Å². The molecule has 146 valence electrons. The summed E-state index contributed by atoms with van der Waals surface area (Å²) in [4.78, 5) is 8.29. The molecule has 0 radical (unpaired) electrons. The lowest BCUT2D eigenvalue weighted by Crippen LogP contribution is -2.01. The first kappa shape index (κ1) is 19.3. The Bertz CT molecular complexity index is 1210. The number of nitrogen functional groups attached to an aromatic ring is 1. The summed E-state index contributed by atoms with van der Waals surface area (Å²) < 4.78 is 28.6. The largest absolute Gasteiger partial charge is 0.383 e. The van der Waals surface area contributed by atoms with E-state index in [0.29, 0.717) is 16.8 Å². The van der Waals surface area contributed by atoms with Crippen molar-refractivity contribution < 1.29 is 8.78 Å². The van der Waals surface area contributed by atoms with Crippen LogP contribution in [0.15, 0.2) is 60.5 Å². The van der Waals surface area contributed by atoms with Crippen LogP contribution in [-0.4, -0.2) is 9.97 Å². The van der Waals surface area contributed by atoms with Gasteiger partial charge in [-0.15, -0.1) is 0 Å². The number of nitrogens with zero attached hydrogens (tertiary/aromatic N) is 2. The Kier molecular flexibility index (Phi) is 5.16. The molecule has 0 atom stereocenters. The molecule has 1 aromatic heterocycles. The van der Waals surface area contributed by atoms with Gasteiger partial charge >= 0.3 is 0 Å². The highest BCUT2D eigenvalue weighted by molar-refractivity contribution is 6.31. The molecule has 2 aromatic carbocycles. The standard InChI is InChI=1S/C23H18ClF2N3/c1-13-5-3-2-4-6-15(22(13)16-10-18(24)20(26)11-19(16)25)14-7-8-21-17(9-14)23(27)29-12-28-21/h2,4,6-12H,3,5H2,1H3,(H2,27,28,29). The molecule has 0 bridgehead atoms. The van der Waals surface area contributed by atoms with E-state index in [1.165, 1.54) is 12.4 Å². The van der Waals surface area contributed by atoms with Crippen LogP contribution in [0.1, 0.15) is 30.9 Å². The number of rotatable bonds is 2. The molecule has 0 unspecified atom stereocenters. The number of hydrogen-bond acceptors (Lipinski definition) is 3. The van der Waals surface area contributed by atoms with E-state index in [-0.39, 0.29) is 10.6 Å². The zero-order valence-corrected chi connectivity index (χ0v) is 16.5. The Morgan fingerprint density at radius 3 is 2.72 bits per heavy atom. The van der Waals surface area contributed by atoms with Gasteiger partial charge in [-0.2, -0.15) is 0 Å². The van der Waals surface area contributed by atoms with Gasteiger partial charge in [0.05, 0.1) is 10.5 Å². The van der Waals surface area contributed by atoms with Crippen LogP contribution in [0.2, 0.25) is 5.02 Å². The van der Waals surface area contributed by atoms with Crippen LogP contribution >= 0.6 is 11.6 Å². The molecular weight excluding hydrogens is 392 g/mol. The third-order valence-electron chi connectivity index (χ3n) is 5.04. The van der Waals surface area contributed by atoms with E-state index < -0.39 is 11.6 Å². The zero-order valence-electron chi connectivity index (χ0n) is 15.7. The fourth-order valence-corrected chi connectivity index (χ4v) is 3.74. The molecule has 2 N–H and O–H groups in total. The molecule has 0 spiro atoms. The molecule has 0 saturated heterocycles. The summed E-state index contributed by atoms with van der Waals surface area (Å²) in [6.07, 6.45) is 8.92. The minimum atomic E-state index is -0.780. The Morgan fingerprint density at radius 2 is 1.90 bits per heavy atom. The van der Waals surface area contributed by atoms with Gasteiger partial charge in [0.2, 0.25) is 0 Å². The van der Waals surface area contributed by atoms with Gasteiger partial charge in [-0.05, 0) is 54.7 Å². The van der Waals surface area contributed by atoms with Gasteiger partial charge in [0.1, 0.15) is 23.8 Å². The quantitative estimate of drug-likeness (QED) is 0.501. The van der Waals surface area contributed by atoms with Crippen LogP contribution in [0.4, 0.5) is 14.6 Å². The predicted molar refractivity (Wildman–Crippen MR) is 114 cm³/mol. The van der Waals surface area contributed by atoms with Crippen molar-refractivity contribution in [2.75, 3.05) is 5.73 Å². The highest BCUT2D eigenvalue weighted by Gasteiger charge is 2.20. The zero-order chi connectivity index (χ0) is 20.5. The Labute approximate surface area is 172 Å². The smallest absolute Gasteiger partial charge is 0.144 e. The van der Waals surface area contributed by atoms with E-state index in [0.717, 1.165) is 41.1 Å². The molecule has 0 saturated carbocycles. The van der Waals surface area contributed by atoms with Gasteiger partial charge in [0.15, 0.2) is 0 Å². The number of fused-ring (bicyclic) bond motifs is 1. The van der Waals surface area contributed by atoms with Gasteiger partial charge in [0, 0.05) is 17.0 Å². The lowest BCUT2D eigenvalue weighted by Gasteiger charge is -2.19. The van der Waals surface area contributed by atoms with E-state index in [4.69, 9.17) is 17.3 Å². The van der Waals surface area contributed by atoms with Gasteiger partial charge < -0.3 is 5.73 Å². The van der Waals surface area contributed by atoms with Crippen molar-refractivity contribution in [3.05, 3.63) is 88.2 Å². The average Bonchev–Trinajstić information content (AvgIpc) is 2.69. The maximum absolute atomic E-state index is 14.8. The van der Waals surface area contributed by atoms with E-state index >= 15 is 0 Å². The summed E-state index contributed by atoms with van der Waals surface area (Å²) in [5.41, 5.74) is 10.3. The second-order valence-electron chi connectivity index (χ2n) is 6.94. The van der Waals surface area contributed by atoms with Gasteiger partial charge in [-0.3, -0.25) is 0 Å². The average molecular weight is 410 g/mol. The molecule has 3 aromatic rings. The number of allylic oxidation sites excluding steroid dienone is 6. The van der Waals surface area contributed by atoms with Crippen molar-refractivity contribution >= 4 is 39.5 Å². The van der Waals surface area contributed by atoms with Crippen molar-refractivity contribution in [1.29, 1.82) is 0 Å². The second-order valence-corrected chi connectivity index (χ2v) is 7.35. The van der Waals surface area contributed by atoms with Crippen molar-refractivity contribution in [1.82, 2.24) is 9.97 Å². The fraction of sp³-hybridized carbons (Fsp3) is 0.130. The third kappa shape index (κ3) is 3.66. The summed E-state index contributed by atoms with van der Waals surface area (Å²) in [5.74, 6) is -1.06. The van der Waals surface area contributed by atoms with Crippen LogP contribution in [0.3, 0.4) is 0 Å². The fourth-order valence-electron chi connectivity index (χ4n) is 3.57. The molecule has 1 aliphatic rings. The molecule has 0 aliphatic heterocycles. The number of aromatic nitrogens is 2. The number of halogens is 3. The molecule has 6 heteroatoms. The first-order valence-electron chi connectivity index (χ1n) is 9.18. The normalized spacial score (nSPS) is 14.7. The summed E-state index contributed by atoms with van der Waals surface area (Å²) >= 11 is 5.99. The lowest BCUT2D eigenvalue weighted by molar-refractivity contribution is 0.581. The van der Waals surface area contributed by atoms with Crippen LogP contribution in [0, 0.1) is 11.6 Å². The number of benzene rings is 2. The SMILES string of the molecule is CC1=C(c2cc(Cl)c(F)cc2F)C(c2ccc3ncnc(N)c3c2)=CC=CCC1. The highest BCUT2D eigenvalue weighted by atomic mass is 35.5. The summed E-state index contributed by atoms with van der Waals surface area (Å²) in [6, 6.07) is 7.83. The Hall–Kier alpha value is -3.05. The van der Waals surface area contributed by atoms with Gasteiger partial charge in [-0.1, -0.05) is 41.5 Å². The summed E-state index contributed by atoms with van der Waals surface area (Å²) in [7, 11) is 0. The molecule has 29 heavy (non-hydrogen) atoms. The highest BCUT2D eigenvalue weighted by Crippen LogP contribution is 2.39. The maximum atomic E-state index is 14.8. The van der Waals surface area contributed by atoms with Gasteiger partial charge in [-0.25, -0.2) is 18.7 Å². The molecule has 1 heterocycles. The number of anilines is 1. The topological polar surface area (TPSA) is 51.8 Å². The van der Waals surface area contributed by atoms with Crippen molar-refractivity contribution in [3.63, 3.8) is 0 Å². The number of nitrogens with two attached hydrogens (primary N) is 1. The van der Waals surface area contributed by atoms with E-state index in [9.17, 15) is 8.78 Å².